The van der Waals surface area contributed by atoms with E-state index in [1.165, 1.54) is 18.4 Å². The normalized spacial score (nSPS) is 11.3. The van der Waals surface area contributed by atoms with Crippen molar-refractivity contribution in [3.05, 3.63) is 35.6 Å². The fourth-order valence-corrected chi connectivity index (χ4v) is 2.12. The van der Waals surface area contributed by atoms with Crippen LogP contribution in [-0.4, -0.2) is 29.6 Å². The summed E-state index contributed by atoms with van der Waals surface area (Å²) in [6.45, 7) is 4.11. The Bertz CT molecular complexity index is 574. The number of nitrogens with zero attached hydrogens (tertiary/aromatic N) is 1. The van der Waals surface area contributed by atoms with Crippen LogP contribution in [0.3, 0.4) is 0 Å². The summed E-state index contributed by atoms with van der Waals surface area (Å²) in [5, 5.41) is 9.74. The predicted octanol–water partition coefficient (Wildman–Crippen LogP) is 3.36. The second-order valence-corrected chi connectivity index (χ2v) is 4.88. The minimum absolute atomic E-state index is 0.00788. The lowest BCUT2D eigenvalue weighted by Gasteiger charge is -2.15. The van der Waals surface area contributed by atoms with Gasteiger partial charge in [0.05, 0.1) is 0 Å². The molecule has 1 N–H and O–H groups in total. The lowest BCUT2D eigenvalue weighted by Crippen LogP contribution is -2.18. The van der Waals surface area contributed by atoms with Crippen LogP contribution in [0.5, 0.6) is 0 Å². The number of carbonyl (C=O) groups is 1. The molecule has 2 aromatic rings. The molecule has 0 aliphatic rings. The fourth-order valence-electron chi connectivity index (χ4n) is 2.12. The van der Waals surface area contributed by atoms with Gasteiger partial charge in [0.2, 0.25) is 5.76 Å². The average Bonchev–Trinajstić information content (AvgIpc) is 2.79. The van der Waals surface area contributed by atoms with Crippen molar-refractivity contribution in [1.82, 2.24) is 4.90 Å². The number of rotatable bonds is 6. The lowest BCUT2D eigenvalue weighted by molar-refractivity contribution is 0.0665. The summed E-state index contributed by atoms with van der Waals surface area (Å²) >= 11 is 0. The predicted molar refractivity (Wildman–Crippen MR) is 74.4 cm³/mol. The van der Waals surface area contributed by atoms with E-state index in [0.29, 0.717) is 5.58 Å². The molecule has 0 radical (unpaired) electrons. The summed E-state index contributed by atoms with van der Waals surface area (Å²) in [6.07, 6.45) is 2.38. The number of unbranched alkanes of at least 4 members (excludes halogenated alkanes) is 1. The molecule has 1 aromatic carbocycles. The van der Waals surface area contributed by atoms with E-state index < -0.39 is 5.97 Å². The Labute approximate surface area is 112 Å². The number of carboxylic acids is 1. The van der Waals surface area contributed by atoms with Crippen molar-refractivity contribution in [2.24, 2.45) is 0 Å². The van der Waals surface area contributed by atoms with Gasteiger partial charge in [-0.2, -0.15) is 0 Å². The molecular weight excluding hydrogens is 242 g/mol. The molecule has 0 bridgehead atoms. The standard InChI is InChI=1S/C15H19NO3/c1-3-4-7-16(2)10-11-5-6-13-12(8-11)9-14(19-13)15(17)18/h5-6,8-9H,3-4,7,10H2,1-2H3,(H,17,18). The van der Waals surface area contributed by atoms with Gasteiger partial charge < -0.3 is 14.4 Å². The molecule has 0 aliphatic carbocycles. The minimum Gasteiger partial charge on any atom is -0.475 e. The first-order valence-electron chi connectivity index (χ1n) is 6.54. The first-order valence-corrected chi connectivity index (χ1v) is 6.54. The first kappa shape index (κ1) is 13.6. The molecule has 0 saturated heterocycles. The highest BCUT2D eigenvalue weighted by Gasteiger charge is 2.10. The van der Waals surface area contributed by atoms with Crippen molar-refractivity contribution in [1.29, 1.82) is 0 Å². The molecule has 102 valence electrons. The highest BCUT2D eigenvalue weighted by Crippen LogP contribution is 2.21. The van der Waals surface area contributed by atoms with Crippen LogP contribution in [0.2, 0.25) is 0 Å². The first-order chi connectivity index (χ1) is 9.10. The maximum atomic E-state index is 10.8. The molecule has 0 amide bonds. The van der Waals surface area contributed by atoms with Crippen LogP contribution < -0.4 is 0 Å². The number of fused-ring (bicyclic) bond motifs is 1. The van der Waals surface area contributed by atoms with Crippen molar-refractivity contribution < 1.29 is 14.3 Å². The van der Waals surface area contributed by atoms with Crippen molar-refractivity contribution in [3.63, 3.8) is 0 Å². The number of aromatic carboxylic acids is 1. The zero-order valence-corrected chi connectivity index (χ0v) is 11.3. The number of furan rings is 1. The van der Waals surface area contributed by atoms with E-state index in [0.717, 1.165) is 18.5 Å². The van der Waals surface area contributed by atoms with Gasteiger partial charge in [-0.3, -0.25) is 0 Å². The molecule has 2 rings (SSSR count). The van der Waals surface area contributed by atoms with E-state index in [1.807, 2.05) is 18.2 Å². The topological polar surface area (TPSA) is 53.7 Å². The van der Waals surface area contributed by atoms with Gasteiger partial charge in [-0.25, -0.2) is 4.79 Å². The van der Waals surface area contributed by atoms with Crippen LogP contribution in [0.1, 0.15) is 35.9 Å². The summed E-state index contributed by atoms with van der Waals surface area (Å²) < 4.78 is 5.24. The molecule has 4 nitrogen and oxygen atoms in total. The second-order valence-electron chi connectivity index (χ2n) is 4.88. The van der Waals surface area contributed by atoms with Gasteiger partial charge in [0, 0.05) is 11.9 Å². The smallest absolute Gasteiger partial charge is 0.371 e. The van der Waals surface area contributed by atoms with Crippen LogP contribution in [0.25, 0.3) is 11.0 Å². The van der Waals surface area contributed by atoms with Gasteiger partial charge in [-0.1, -0.05) is 19.4 Å². The summed E-state index contributed by atoms with van der Waals surface area (Å²) in [4.78, 5) is 13.1. The van der Waals surface area contributed by atoms with E-state index in [-0.39, 0.29) is 5.76 Å². The largest absolute Gasteiger partial charge is 0.475 e. The van der Waals surface area contributed by atoms with Crippen molar-refractivity contribution in [2.45, 2.75) is 26.3 Å². The fraction of sp³-hybridized carbons (Fsp3) is 0.400. The Morgan fingerprint density at radius 3 is 2.84 bits per heavy atom. The number of hydrogen-bond donors (Lipinski definition) is 1. The third-order valence-electron chi connectivity index (χ3n) is 3.14. The van der Waals surface area contributed by atoms with Gasteiger partial charge in [-0.15, -0.1) is 0 Å². The Morgan fingerprint density at radius 1 is 1.37 bits per heavy atom. The molecule has 1 aromatic heterocycles. The average molecular weight is 261 g/mol. The number of hydrogen-bond acceptors (Lipinski definition) is 3. The van der Waals surface area contributed by atoms with Gasteiger partial charge in [0.1, 0.15) is 5.58 Å². The van der Waals surface area contributed by atoms with Crippen LogP contribution in [-0.2, 0) is 6.54 Å². The third kappa shape index (κ3) is 3.35. The van der Waals surface area contributed by atoms with Gasteiger partial charge >= 0.3 is 5.97 Å². The van der Waals surface area contributed by atoms with Crippen LogP contribution >= 0.6 is 0 Å². The molecule has 0 aliphatic heterocycles. The summed E-state index contributed by atoms with van der Waals surface area (Å²) in [5.41, 5.74) is 1.79. The van der Waals surface area contributed by atoms with E-state index in [4.69, 9.17) is 9.52 Å². The Hall–Kier alpha value is -1.81. The highest BCUT2D eigenvalue weighted by molar-refractivity contribution is 5.91. The third-order valence-corrected chi connectivity index (χ3v) is 3.14. The number of benzene rings is 1. The maximum absolute atomic E-state index is 10.8. The van der Waals surface area contributed by atoms with Crippen LogP contribution in [0.15, 0.2) is 28.7 Å². The number of carboxylic acid groups (broad SMARTS) is 1. The molecular formula is C15H19NO3. The molecule has 0 saturated carbocycles. The van der Waals surface area contributed by atoms with E-state index in [1.54, 1.807) is 6.07 Å². The quantitative estimate of drug-likeness (QED) is 0.866. The molecule has 0 unspecified atom stereocenters. The molecule has 0 atom stereocenters. The Balaban J connectivity index is 2.14. The molecule has 0 spiro atoms. The zero-order valence-electron chi connectivity index (χ0n) is 11.3. The van der Waals surface area contributed by atoms with Crippen molar-refractivity contribution in [2.75, 3.05) is 13.6 Å². The summed E-state index contributed by atoms with van der Waals surface area (Å²) in [6, 6.07) is 7.39. The van der Waals surface area contributed by atoms with E-state index in [9.17, 15) is 4.79 Å². The monoisotopic (exact) mass is 261 g/mol. The van der Waals surface area contributed by atoms with Crippen LogP contribution in [0.4, 0.5) is 0 Å². The van der Waals surface area contributed by atoms with Crippen molar-refractivity contribution in [3.8, 4) is 0 Å². The zero-order chi connectivity index (χ0) is 13.8. The highest BCUT2D eigenvalue weighted by atomic mass is 16.4. The maximum Gasteiger partial charge on any atom is 0.371 e. The minimum atomic E-state index is -1.03. The lowest BCUT2D eigenvalue weighted by atomic mass is 10.1. The molecule has 19 heavy (non-hydrogen) atoms. The Morgan fingerprint density at radius 2 is 2.16 bits per heavy atom. The van der Waals surface area contributed by atoms with Gasteiger partial charge in [0.25, 0.3) is 0 Å². The Kier molecular flexibility index (Phi) is 4.22. The van der Waals surface area contributed by atoms with Gasteiger partial charge in [0.15, 0.2) is 0 Å². The van der Waals surface area contributed by atoms with E-state index in [2.05, 4.69) is 18.9 Å². The van der Waals surface area contributed by atoms with Crippen molar-refractivity contribution >= 4 is 16.9 Å². The summed E-state index contributed by atoms with van der Waals surface area (Å²) in [7, 11) is 2.10. The van der Waals surface area contributed by atoms with Gasteiger partial charge in [-0.05, 0) is 43.8 Å². The molecule has 4 heteroatoms. The van der Waals surface area contributed by atoms with Crippen LogP contribution in [0, 0.1) is 0 Å². The molecule has 1 heterocycles. The second kappa shape index (κ2) is 5.89. The summed E-state index contributed by atoms with van der Waals surface area (Å²) in [5.74, 6) is -1.04. The molecule has 0 fully saturated rings. The van der Waals surface area contributed by atoms with E-state index >= 15 is 0 Å². The SMILES string of the molecule is CCCCN(C)Cc1ccc2oc(C(=O)O)cc2c1.